The van der Waals surface area contributed by atoms with Gasteiger partial charge in [0.15, 0.2) is 0 Å². The van der Waals surface area contributed by atoms with Crippen molar-refractivity contribution in [3.63, 3.8) is 0 Å². The third kappa shape index (κ3) is 2.12. The Kier molecular flexibility index (Phi) is 3.03. The molecule has 1 amide bonds. The first-order chi connectivity index (χ1) is 9.27. The Labute approximate surface area is 112 Å². The van der Waals surface area contributed by atoms with E-state index in [1.807, 2.05) is 35.2 Å². The molecule has 0 N–H and O–H groups in total. The monoisotopic (exact) mass is 252 g/mol. The minimum absolute atomic E-state index is 0.0139. The Morgan fingerprint density at radius 2 is 2.00 bits per heavy atom. The molecule has 2 aromatic rings. The number of nitrogens with zero attached hydrogens (tertiary/aromatic N) is 2. The zero-order valence-corrected chi connectivity index (χ0v) is 10.9. The molecule has 1 unspecified atom stereocenters. The summed E-state index contributed by atoms with van der Waals surface area (Å²) in [4.78, 5) is 18.5. The van der Waals surface area contributed by atoms with Crippen LogP contribution in [0.3, 0.4) is 0 Å². The first-order valence-electron chi connectivity index (χ1n) is 6.59. The van der Waals surface area contributed by atoms with E-state index in [0.717, 1.165) is 18.7 Å². The largest absolute Gasteiger partial charge is 0.307 e. The molecule has 0 bridgehead atoms. The van der Waals surface area contributed by atoms with Crippen LogP contribution in [0.15, 0.2) is 48.7 Å². The standard InChI is InChI=1S/C16H16N2O/c1-12-9-11-18(15-8-3-2-6-13(12)15)16(19)14-7-4-5-10-17-14/h2-8,10,12H,9,11H2,1H3. The molecular formula is C16H16N2O. The summed E-state index contributed by atoms with van der Waals surface area (Å²) in [5.41, 5.74) is 2.78. The summed E-state index contributed by atoms with van der Waals surface area (Å²) in [6, 6.07) is 13.6. The van der Waals surface area contributed by atoms with Gasteiger partial charge >= 0.3 is 0 Å². The third-order valence-corrected chi connectivity index (χ3v) is 3.67. The van der Waals surface area contributed by atoms with Crippen LogP contribution >= 0.6 is 0 Å². The van der Waals surface area contributed by atoms with Gasteiger partial charge in [-0.3, -0.25) is 9.78 Å². The van der Waals surface area contributed by atoms with Crippen LogP contribution in [0.4, 0.5) is 5.69 Å². The fraction of sp³-hybridized carbons (Fsp3) is 0.250. The number of anilines is 1. The number of amides is 1. The second-order valence-electron chi connectivity index (χ2n) is 4.92. The van der Waals surface area contributed by atoms with Crippen LogP contribution in [-0.4, -0.2) is 17.4 Å². The van der Waals surface area contributed by atoms with Crippen LogP contribution < -0.4 is 4.90 Å². The summed E-state index contributed by atoms with van der Waals surface area (Å²) in [7, 11) is 0. The molecule has 1 aliphatic rings. The molecule has 19 heavy (non-hydrogen) atoms. The Morgan fingerprint density at radius 1 is 1.21 bits per heavy atom. The number of fused-ring (bicyclic) bond motifs is 1. The summed E-state index contributed by atoms with van der Waals surface area (Å²) >= 11 is 0. The average molecular weight is 252 g/mol. The maximum Gasteiger partial charge on any atom is 0.276 e. The van der Waals surface area contributed by atoms with Crippen molar-refractivity contribution in [2.24, 2.45) is 0 Å². The van der Waals surface area contributed by atoms with Gasteiger partial charge in [0.1, 0.15) is 5.69 Å². The van der Waals surface area contributed by atoms with Crippen LogP contribution in [-0.2, 0) is 0 Å². The molecule has 0 saturated heterocycles. The van der Waals surface area contributed by atoms with E-state index in [-0.39, 0.29) is 5.91 Å². The van der Waals surface area contributed by atoms with Gasteiger partial charge in [0.05, 0.1) is 0 Å². The molecule has 3 nitrogen and oxygen atoms in total. The lowest BCUT2D eigenvalue weighted by Gasteiger charge is -2.32. The summed E-state index contributed by atoms with van der Waals surface area (Å²) in [6.45, 7) is 2.97. The molecule has 3 rings (SSSR count). The van der Waals surface area contributed by atoms with E-state index in [2.05, 4.69) is 18.0 Å². The van der Waals surface area contributed by atoms with Crippen molar-refractivity contribution in [3.05, 3.63) is 59.9 Å². The number of aromatic nitrogens is 1. The predicted molar refractivity (Wildman–Crippen MR) is 75.4 cm³/mol. The van der Waals surface area contributed by atoms with Crippen LogP contribution in [0, 0.1) is 0 Å². The van der Waals surface area contributed by atoms with Crippen molar-refractivity contribution in [1.82, 2.24) is 4.98 Å². The molecule has 2 heterocycles. The smallest absolute Gasteiger partial charge is 0.276 e. The molecule has 96 valence electrons. The lowest BCUT2D eigenvalue weighted by molar-refractivity contribution is 0.0979. The van der Waals surface area contributed by atoms with Gasteiger partial charge in [0, 0.05) is 18.4 Å². The molecule has 0 radical (unpaired) electrons. The zero-order chi connectivity index (χ0) is 13.2. The maximum absolute atomic E-state index is 12.5. The predicted octanol–water partition coefficient (Wildman–Crippen LogP) is 3.24. The highest BCUT2D eigenvalue weighted by Gasteiger charge is 2.27. The first-order valence-corrected chi connectivity index (χ1v) is 6.59. The molecule has 1 aliphatic heterocycles. The average Bonchev–Trinajstić information content (AvgIpc) is 2.48. The number of rotatable bonds is 1. The molecule has 1 atom stereocenters. The number of carbonyl (C=O) groups is 1. The Hall–Kier alpha value is -2.16. The second kappa shape index (κ2) is 4.84. The van der Waals surface area contributed by atoms with Gasteiger partial charge in [-0.25, -0.2) is 0 Å². The molecule has 0 aliphatic carbocycles. The van der Waals surface area contributed by atoms with Crippen molar-refractivity contribution in [2.45, 2.75) is 19.3 Å². The number of pyridine rings is 1. The number of hydrogen-bond acceptors (Lipinski definition) is 2. The second-order valence-corrected chi connectivity index (χ2v) is 4.92. The molecule has 0 saturated carbocycles. The molecule has 1 aromatic heterocycles. The SMILES string of the molecule is CC1CCN(C(=O)c2ccccn2)c2ccccc21. The molecule has 0 fully saturated rings. The molecule has 1 aromatic carbocycles. The van der Waals surface area contributed by atoms with Crippen molar-refractivity contribution in [2.75, 3.05) is 11.4 Å². The first kappa shape index (κ1) is 11.9. The Morgan fingerprint density at radius 3 is 2.79 bits per heavy atom. The molecule has 0 spiro atoms. The van der Waals surface area contributed by atoms with Gasteiger partial charge in [-0.1, -0.05) is 31.2 Å². The number of para-hydroxylation sites is 1. The van der Waals surface area contributed by atoms with Gasteiger partial charge in [-0.05, 0) is 36.1 Å². The maximum atomic E-state index is 12.5. The summed E-state index contributed by atoms with van der Waals surface area (Å²) in [5, 5.41) is 0. The van der Waals surface area contributed by atoms with Crippen molar-refractivity contribution in [1.29, 1.82) is 0 Å². The molecular weight excluding hydrogens is 236 g/mol. The van der Waals surface area contributed by atoms with E-state index in [1.165, 1.54) is 5.56 Å². The highest BCUT2D eigenvalue weighted by Crippen LogP contribution is 2.35. The quantitative estimate of drug-likeness (QED) is 0.780. The van der Waals surface area contributed by atoms with E-state index in [1.54, 1.807) is 12.3 Å². The summed E-state index contributed by atoms with van der Waals surface area (Å²) in [6.07, 6.45) is 2.65. The lowest BCUT2D eigenvalue weighted by Crippen LogP contribution is -2.36. The zero-order valence-electron chi connectivity index (χ0n) is 10.9. The van der Waals surface area contributed by atoms with Crippen molar-refractivity contribution < 1.29 is 4.79 Å². The van der Waals surface area contributed by atoms with E-state index < -0.39 is 0 Å². The minimum Gasteiger partial charge on any atom is -0.307 e. The van der Waals surface area contributed by atoms with E-state index in [9.17, 15) is 4.79 Å². The van der Waals surface area contributed by atoms with E-state index in [0.29, 0.717) is 11.6 Å². The van der Waals surface area contributed by atoms with Crippen LogP contribution in [0.1, 0.15) is 35.3 Å². The highest BCUT2D eigenvalue weighted by atomic mass is 16.2. The number of carbonyl (C=O) groups excluding carboxylic acids is 1. The van der Waals surface area contributed by atoms with Gasteiger partial charge in [-0.15, -0.1) is 0 Å². The normalized spacial score (nSPS) is 17.9. The summed E-state index contributed by atoms with van der Waals surface area (Å²) < 4.78 is 0. The van der Waals surface area contributed by atoms with Crippen LogP contribution in [0.2, 0.25) is 0 Å². The fourth-order valence-electron chi connectivity index (χ4n) is 2.59. The number of hydrogen-bond donors (Lipinski definition) is 0. The summed E-state index contributed by atoms with van der Waals surface area (Å²) in [5.74, 6) is 0.490. The van der Waals surface area contributed by atoms with Gasteiger partial charge in [0.2, 0.25) is 0 Å². The van der Waals surface area contributed by atoms with Crippen molar-refractivity contribution in [3.8, 4) is 0 Å². The van der Waals surface area contributed by atoms with E-state index in [4.69, 9.17) is 0 Å². The lowest BCUT2D eigenvalue weighted by atomic mass is 9.91. The van der Waals surface area contributed by atoms with Crippen molar-refractivity contribution >= 4 is 11.6 Å². The highest BCUT2D eigenvalue weighted by molar-refractivity contribution is 6.05. The van der Waals surface area contributed by atoms with Gasteiger partial charge in [0.25, 0.3) is 5.91 Å². The van der Waals surface area contributed by atoms with Crippen LogP contribution in [0.25, 0.3) is 0 Å². The van der Waals surface area contributed by atoms with Gasteiger partial charge in [-0.2, -0.15) is 0 Å². The Balaban J connectivity index is 1.99. The topological polar surface area (TPSA) is 33.2 Å². The fourth-order valence-corrected chi connectivity index (χ4v) is 2.59. The van der Waals surface area contributed by atoms with Crippen LogP contribution in [0.5, 0.6) is 0 Å². The minimum atomic E-state index is -0.0139. The number of benzene rings is 1. The third-order valence-electron chi connectivity index (χ3n) is 3.67. The van der Waals surface area contributed by atoms with E-state index >= 15 is 0 Å². The Bertz CT molecular complexity index is 595. The molecule has 3 heteroatoms. The van der Waals surface area contributed by atoms with Gasteiger partial charge < -0.3 is 4.90 Å².